The Hall–Kier alpha value is -3.11. The lowest BCUT2D eigenvalue weighted by molar-refractivity contribution is -0.144. The predicted octanol–water partition coefficient (Wildman–Crippen LogP) is 5.56. The van der Waals surface area contributed by atoms with E-state index in [1.54, 1.807) is 42.3 Å². The van der Waals surface area contributed by atoms with Crippen LogP contribution < -0.4 is 5.32 Å². The van der Waals surface area contributed by atoms with Gasteiger partial charge in [0.2, 0.25) is 5.91 Å². The molecular weight excluding hydrogens is 581 g/mol. The highest BCUT2D eigenvalue weighted by atomic mass is 35.5. The van der Waals surface area contributed by atoms with Crippen molar-refractivity contribution in [2.75, 3.05) is 25.6 Å². The number of nitrogens with zero attached hydrogens (tertiary/aromatic N) is 2. The lowest BCUT2D eigenvalue weighted by atomic mass is 9.87. The van der Waals surface area contributed by atoms with E-state index in [4.69, 9.17) is 36.8 Å². The van der Waals surface area contributed by atoms with Crippen LogP contribution in [0.5, 0.6) is 0 Å². The van der Waals surface area contributed by atoms with Crippen LogP contribution in [0.1, 0.15) is 52.1 Å². The molecule has 1 aromatic heterocycles. The Bertz CT molecular complexity index is 1590. The monoisotopic (exact) mass is 618 g/mol. The van der Waals surface area contributed by atoms with Crippen LogP contribution >= 0.6 is 23.2 Å². The van der Waals surface area contributed by atoms with Crippen molar-refractivity contribution >= 4 is 57.6 Å². The fourth-order valence-electron chi connectivity index (χ4n) is 5.87. The van der Waals surface area contributed by atoms with Crippen molar-refractivity contribution in [2.45, 2.75) is 56.8 Å². The molecule has 42 heavy (non-hydrogen) atoms. The van der Waals surface area contributed by atoms with Crippen LogP contribution in [0.15, 0.2) is 42.6 Å². The van der Waals surface area contributed by atoms with Gasteiger partial charge < -0.3 is 29.4 Å². The molecule has 5 rings (SSSR count). The van der Waals surface area contributed by atoms with Crippen LogP contribution in [-0.2, 0) is 32.5 Å². The minimum absolute atomic E-state index is 0.0322. The largest absolute Gasteiger partial charge is 0.481 e. The molecule has 224 valence electrons. The summed E-state index contributed by atoms with van der Waals surface area (Å²) >= 11 is 13.1. The first-order valence-electron chi connectivity index (χ1n) is 15.4. The number of carbonyl (C=O) groups is 3. The van der Waals surface area contributed by atoms with E-state index in [1.165, 1.54) is 12.3 Å². The maximum absolute atomic E-state index is 13.5. The summed E-state index contributed by atoms with van der Waals surface area (Å²) in [7, 11) is 1.61. The number of hydrogen-bond donors (Lipinski definition) is 2. The van der Waals surface area contributed by atoms with Gasteiger partial charge in [0.25, 0.3) is 5.91 Å². The number of carboxylic acid groups (broad SMARTS) is 1. The number of ether oxygens (including phenoxy) is 2. The molecule has 2 aromatic carbocycles. The maximum Gasteiger partial charge on any atom is 0.306 e. The summed E-state index contributed by atoms with van der Waals surface area (Å²) in [5.41, 5.74) is 1.26. The third-order valence-electron chi connectivity index (χ3n) is 8.26. The van der Waals surface area contributed by atoms with Gasteiger partial charge in [-0.25, -0.2) is 0 Å². The molecule has 0 bridgehead atoms. The van der Waals surface area contributed by atoms with E-state index in [0.29, 0.717) is 61.7 Å². The van der Waals surface area contributed by atoms with Gasteiger partial charge in [-0.3, -0.25) is 14.4 Å². The van der Waals surface area contributed by atoms with Crippen LogP contribution in [-0.4, -0.2) is 70.9 Å². The zero-order chi connectivity index (χ0) is 32.5. The predicted molar refractivity (Wildman–Crippen MR) is 161 cm³/mol. The Labute approximate surface area is 258 Å². The van der Waals surface area contributed by atoms with E-state index < -0.39 is 18.9 Å². The number of hydrogen-bond acceptors (Lipinski definition) is 5. The number of amides is 2. The van der Waals surface area contributed by atoms with Crippen LogP contribution in [0, 0.1) is 5.92 Å². The van der Waals surface area contributed by atoms with Crippen molar-refractivity contribution in [1.82, 2.24) is 9.47 Å². The molecular formula is C31H35Cl2N3O6. The minimum atomic E-state index is -2.47. The molecule has 3 aromatic rings. The molecule has 1 saturated heterocycles. The minimum Gasteiger partial charge on any atom is -0.481 e. The second-order valence-electron chi connectivity index (χ2n) is 10.9. The Morgan fingerprint density at radius 2 is 1.86 bits per heavy atom. The highest BCUT2D eigenvalue weighted by Crippen LogP contribution is 2.33. The first-order chi connectivity index (χ1) is 21.3. The van der Waals surface area contributed by atoms with E-state index in [1.807, 2.05) is 0 Å². The maximum atomic E-state index is 13.5. The SMILES string of the molecule is [2H]C([2H])([2H])n1cc(C(=O)Nc2cc(Cl)c(CC(=O)N3C[C@@H](OC)C[C@H]3CO[C@H]3CC[C@H](C(=O)O)CC3)cc2Cl)c2ccccc21. The summed E-state index contributed by atoms with van der Waals surface area (Å²) in [6.45, 7) is -1.75. The van der Waals surface area contributed by atoms with Gasteiger partial charge in [-0.1, -0.05) is 41.4 Å². The van der Waals surface area contributed by atoms with E-state index in [-0.39, 0.29) is 57.8 Å². The van der Waals surface area contributed by atoms with Crippen LogP contribution in [0.25, 0.3) is 10.9 Å². The smallest absolute Gasteiger partial charge is 0.306 e. The number of para-hydroxylation sites is 1. The van der Waals surface area contributed by atoms with Crippen LogP contribution in [0.4, 0.5) is 5.69 Å². The second kappa shape index (κ2) is 13.0. The van der Waals surface area contributed by atoms with Gasteiger partial charge >= 0.3 is 5.97 Å². The quantitative estimate of drug-likeness (QED) is 0.325. The number of rotatable bonds is 9. The van der Waals surface area contributed by atoms with Crippen LogP contribution in [0.3, 0.4) is 0 Å². The van der Waals surface area contributed by atoms with Crippen molar-refractivity contribution in [3.05, 3.63) is 63.8 Å². The number of aliphatic carboxylic acids is 1. The van der Waals surface area contributed by atoms with Crippen molar-refractivity contribution in [2.24, 2.45) is 12.9 Å². The topological polar surface area (TPSA) is 110 Å². The highest BCUT2D eigenvalue weighted by molar-refractivity contribution is 6.36. The van der Waals surface area contributed by atoms with Crippen LogP contribution in [0.2, 0.25) is 10.0 Å². The van der Waals surface area contributed by atoms with E-state index in [2.05, 4.69) is 5.32 Å². The molecule has 1 aliphatic carbocycles. The summed E-state index contributed by atoms with van der Waals surface area (Å²) in [5.74, 6) is -1.83. The number of methoxy groups -OCH3 is 1. The van der Waals surface area contributed by atoms with Gasteiger partial charge in [-0.2, -0.15) is 0 Å². The Balaban J connectivity index is 1.25. The highest BCUT2D eigenvalue weighted by Gasteiger charge is 2.36. The summed E-state index contributed by atoms with van der Waals surface area (Å²) in [5, 5.41) is 12.8. The van der Waals surface area contributed by atoms with Gasteiger partial charge in [0.1, 0.15) is 0 Å². The molecule has 2 aliphatic rings. The molecule has 2 N–H and O–H groups in total. The number of fused-ring (bicyclic) bond motifs is 1. The average Bonchev–Trinajstić information content (AvgIpc) is 3.61. The molecule has 1 saturated carbocycles. The number of carbonyl (C=O) groups excluding carboxylic acids is 2. The third kappa shape index (κ3) is 6.59. The molecule has 2 heterocycles. The molecule has 0 unspecified atom stereocenters. The molecule has 1 aliphatic heterocycles. The number of anilines is 1. The summed E-state index contributed by atoms with van der Waals surface area (Å²) in [6.07, 6.45) is 4.19. The molecule has 9 nitrogen and oxygen atoms in total. The Kier molecular flexibility index (Phi) is 8.23. The number of likely N-dealkylation sites (tertiary alicyclic amines) is 1. The van der Waals surface area contributed by atoms with E-state index >= 15 is 0 Å². The van der Waals surface area contributed by atoms with Crippen molar-refractivity contribution in [3.8, 4) is 0 Å². The average molecular weight is 620 g/mol. The summed E-state index contributed by atoms with van der Waals surface area (Å²) in [4.78, 5) is 39.8. The number of benzene rings is 2. The van der Waals surface area contributed by atoms with Gasteiger partial charge in [0.15, 0.2) is 0 Å². The molecule has 2 atom stereocenters. The molecule has 2 fully saturated rings. The Morgan fingerprint density at radius 1 is 1.10 bits per heavy atom. The fraction of sp³-hybridized carbons (Fsp3) is 0.452. The first-order valence-corrected chi connectivity index (χ1v) is 14.7. The summed E-state index contributed by atoms with van der Waals surface area (Å²) < 4.78 is 36.2. The van der Waals surface area contributed by atoms with Crippen molar-refractivity contribution in [3.63, 3.8) is 0 Å². The number of aryl methyl sites for hydroxylation is 1. The van der Waals surface area contributed by atoms with E-state index in [0.717, 1.165) is 4.57 Å². The van der Waals surface area contributed by atoms with Gasteiger partial charge in [0.05, 0.1) is 53.5 Å². The summed E-state index contributed by atoms with van der Waals surface area (Å²) in [6, 6.07) is 9.53. The molecule has 0 spiro atoms. The molecule has 2 amide bonds. The Morgan fingerprint density at radius 3 is 2.57 bits per heavy atom. The zero-order valence-corrected chi connectivity index (χ0v) is 24.7. The fourth-order valence-corrected chi connectivity index (χ4v) is 6.33. The number of aromatic nitrogens is 1. The lowest BCUT2D eigenvalue weighted by Gasteiger charge is -2.30. The number of carboxylic acids is 1. The standard InChI is InChI=1S/C31H35Cl2N3O6/c1-35-16-24(23-5-3-4-6-28(23)35)30(38)34-27-14-25(32)19(11-26(27)33)12-29(37)36-15-22(41-2)13-20(36)17-42-21-9-7-18(8-10-21)31(39)40/h3-6,11,14,16,18,20-22H,7-10,12-13,15,17H2,1-2H3,(H,34,38)(H,39,40)/t18-,20-,21-,22-/m0/s1/i1D3. The zero-order valence-electron chi connectivity index (χ0n) is 26.1. The lowest BCUT2D eigenvalue weighted by Crippen LogP contribution is -2.40. The van der Waals surface area contributed by atoms with Crippen molar-refractivity contribution < 1.29 is 33.1 Å². The van der Waals surface area contributed by atoms with Gasteiger partial charge in [0, 0.05) is 46.9 Å². The molecule has 11 heteroatoms. The van der Waals surface area contributed by atoms with Gasteiger partial charge in [-0.05, 0) is 55.9 Å². The second-order valence-corrected chi connectivity index (χ2v) is 11.7. The number of halogens is 2. The van der Waals surface area contributed by atoms with Gasteiger partial charge in [-0.15, -0.1) is 0 Å². The van der Waals surface area contributed by atoms with E-state index in [9.17, 15) is 19.5 Å². The molecule has 0 radical (unpaired) electrons. The third-order valence-corrected chi connectivity index (χ3v) is 8.92. The number of nitrogens with one attached hydrogen (secondary N) is 1. The normalized spacial score (nSPS) is 23.8. The van der Waals surface area contributed by atoms with Crippen molar-refractivity contribution in [1.29, 1.82) is 0 Å². The first kappa shape index (κ1) is 26.5.